The van der Waals surface area contributed by atoms with Crippen LogP contribution in [0.15, 0.2) is 60.9 Å². The van der Waals surface area contributed by atoms with E-state index in [-0.39, 0.29) is 5.91 Å². The van der Waals surface area contributed by atoms with Gasteiger partial charge in [-0.15, -0.1) is 0 Å². The summed E-state index contributed by atoms with van der Waals surface area (Å²) in [5, 5.41) is 3.22. The highest BCUT2D eigenvalue weighted by Crippen LogP contribution is 2.38. The van der Waals surface area contributed by atoms with Crippen LogP contribution >= 0.6 is 11.6 Å². The number of nitrogens with one attached hydrogen (secondary N) is 1. The summed E-state index contributed by atoms with van der Waals surface area (Å²) >= 11 is 6.23. The minimum absolute atomic E-state index is 0.238. The minimum Gasteiger partial charge on any atom is -0.486 e. The van der Waals surface area contributed by atoms with Crippen LogP contribution in [-0.4, -0.2) is 23.7 Å². The standard InChI is InChI=1S/C19H15ClN2O3/c20-15-11-17-18(25-10-9-24-17)12-16(15)21-19(23)13-3-5-14(6-4-13)22-7-1-2-8-22/h1-8,11-12H,9-10H2,(H,21,23). The molecular weight excluding hydrogens is 340 g/mol. The second-order valence-electron chi connectivity index (χ2n) is 5.57. The highest BCUT2D eigenvalue weighted by molar-refractivity contribution is 6.34. The number of hydrogen-bond acceptors (Lipinski definition) is 3. The molecule has 0 aliphatic carbocycles. The number of aromatic nitrogens is 1. The third-order valence-electron chi connectivity index (χ3n) is 3.91. The number of hydrogen-bond donors (Lipinski definition) is 1. The molecule has 0 atom stereocenters. The number of benzene rings is 2. The molecule has 0 saturated carbocycles. The Morgan fingerprint density at radius 2 is 1.64 bits per heavy atom. The molecule has 0 fully saturated rings. The fraction of sp³-hybridized carbons (Fsp3) is 0.105. The normalized spacial score (nSPS) is 12.7. The summed E-state index contributed by atoms with van der Waals surface area (Å²) in [5.41, 5.74) is 2.02. The van der Waals surface area contributed by atoms with Gasteiger partial charge in [-0.2, -0.15) is 0 Å². The molecule has 1 amide bonds. The number of halogens is 1. The van der Waals surface area contributed by atoms with Crippen molar-refractivity contribution in [3.63, 3.8) is 0 Å². The first-order chi connectivity index (χ1) is 12.2. The lowest BCUT2D eigenvalue weighted by Gasteiger charge is -2.20. The summed E-state index contributed by atoms with van der Waals surface area (Å²) in [4.78, 5) is 12.5. The average molecular weight is 355 g/mol. The monoisotopic (exact) mass is 354 g/mol. The van der Waals surface area contributed by atoms with Crippen LogP contribution in [0.25, 0.3) is 5.69 Å². The van der Waals surface area contributed by atoms with Crippen molar-refractivity contribution >= 4 is 23.2 Å². The molecule has 1 aliphatic heterocycles. The molecule has 3 aromatic rings. The number of amides is 1. The smallest absolute Gasteiger partial charge is 0.255 e. The zero-order chi connectivity index (χ0) is 17.2. The van der Waals surface area contributed by atoms with E-state index in [9.17, 15) is 4.79 Å². The Kier molecular flexibility index (Phi) is 4.07. The molecule has 5 nitrogen and oxygen atoms in total. The van der Waals surface area contributed by atoms with E-state index >= 15 is 0 Å². The van der Waals surface area contributed by atoms with Gasteiger partial charge in [0, 0.05) is 35.8 Å². The second-order valence-corrected chi connectivity index (χ2v) is 5.97. The molecule has 0 spiro atoms. The largest absolute Gasteiger partial charge is 0.486 e. The van der Waals surface area contributed by atoms with Crippen LogP contribution in [0.2, 0.25) is 5.02 Å². The lowest BCUT2D eigenvalue weighted by Crippen LogP contribution is -2.17. The number of rotatable bonds is 3. The Morgan fingerprint density at radius 3 is 2.32 bits per heavy atom. The Balaban J connectivity index is 1.54. The fourth-order valence-electron chi connectivity index (χ4n) is 2.65. The van der Waals surface area contributed by atoms with Gasteiger partial charge in [-0.3, -0.25) is 4.79 Å². The van der Waals surface area contributed by atoms with Crippen LogP contribution in [0, 0.1) is 0 Å². The molecule has 4 rings (SSSR count). The van der Waals surface area contributed by atoms with E-state index < -0.39 is 0 Å². The SMILES string of the molecule is O=C(Nc1cc2c(cc1Cl)OCCO2)c1ccc(-n2cccc2)cc1. The van der Waals surface area contributed by atoms with Gasteiger partial charge in [0.05, 0.1) is 10.7 Å². The number of ether oxygens (including phenoxy) is 2. The van der Waals surface area contributed by atoms with Crippen molar-refractivity contribution in [3.8, 4) is 17.2 Å². The lowest BCUT2D eigenvalue weighted by atomic mass is 10.2. The molecule has 2 aromatic carbocycles. The van der Waals surface area contributed by atoms with Gasteiger partial charge < -0.3 is 19.4 Å². The first-order valence-electron chi connectivity index (χ1n) is 7.84. The molecule has 126 valence electrons. The van der Waals surface area contributed by atoms with E-state index in [1.807, 2.05) is 41.2 Å². The van der Waals surface area contributed by atoms with Gasteiger partial charge in [0.2, 0.25) is 0 Å². The molecule has 0 radical (unpaired) electrons. The third-order valence-corrected chi connectivity index (χ3v) is 4.22. The fourth-order valence-corrected chi connectivity index (χ4v) is 2.85. The maximum Gasteiger partial charge on any atom is 0.255 e. The first kappa shape index (κ1) is 15.6. The Hall–Kier alpha value is -2.92. The van der Waals surface area contributed by atoms with Crippen LogP contribution in [0.1, 0.15) is 10.4 Å². The molecule has 0 bridgehead atoms. The number of fused-ring (bicyclic) bond motifs is 1. The van der Waals surface area contributed by atoms with Gasteiger partial charge in [-0.05, 0) is 36.4 Å². The molecule has 2 heterocycles. The molecular formula is C19H15ClN2O3. The van der Waals surface area contributed by atoms with Crippen LogP contribution in [0.4, 0.5) is 5.69 Å². The van der Waals surface area contributed by atoms with Crippen molar-refractivity contribution in [3.05, 3.63) is 71.5 Å². The number of carbonyl (C=O) groups excluding carboxylic acids is 1. The molecule has 1 aromatic heterocycles. The third kappa shape index (κ3) is 3.19. The predicted molar refractivity (Wildman–Crippen MR) is 96.2 cm³/mol. The summed E-state index contributed by atoms with van der Waals surface area (Å²) in [5.74, 6) is 0.928. The highest BCUT2D eigenvalue weighted by Gasteiger charge is 2.17. The van der Waals surface area contributed by atoms with E-state index in [0.29, 0.717) is 41.0 Å². The zero-order valence-electron chi connectivity index (χ0n) is 13.2. The summed E-state index contributed by atoms with van der Waals surface area (Å²) in [7, 11) is 0. The van der Waals surface area contributed by atoms with Crippen LogP contribution in [-0.2, 0) is 0 Å². The van der Waals surface area contributed by atoms with Gasteiger partial charge in [-0.1, -0.05) is 11.6 Å². The van der Waals surface area contributed by atoms with E-state index in [0.717, 1.165) is 5.69 Å². The van der Waals surface area contributed by atoms with E-state index in [1.54, 1.807) is 24.3 Å². The lowest BCUT2D eigenvalue weighted by molar-refractivity contribution is 0.102. The number of carbonyl (C=O) groups is 1. The van der Waals surface area contributed by atoms with Crippen LogP contribution < -0.4 is 14.8 Å². The van der Waals surface area contributed by atoms with Crippen molar-refractivity contribution in [1.29, 1.82) is 0 Å². The van der Waals surface area contributed by atoms with Gasteiger partial charge in [0.25, 0.3) is 5.91 Å². The predicted octanol–water partition coefficient (Wildman–Crippen LogP) is 4.15. The van der Waals surface area contributed by atoms with E-state index in [1.165, 1.54) is 0 Å². The summed E-state index contributed by atoms with van der Waals surface area (Å²) in [6.07, 6.45) is 3.90. The van der Waals surface area contributed by atoms with E-state index in [2.05, 4.69) is 5.32 Å². The molecule has 6 heteroatoms. The average Bonchev–Trinajstić information content (AvgIpc) is 3.17. The van der Waals surface area contributed by atoms with Gasteiger partial charge in [-0.25, -0.2) is 0 Å². The minimum atomic E-state index is -0.238. The Morgan fingerprint density at radius 1 is 1.00 bits per heavy atom. The van der Waals surface area contributed by atoms with Crippen LogP contribution in [0.3, 0.4) is 0 Å². The van der Waals surface area contributed by atoms with Crippen molar-refractivity contribution in [2.24, 2.45) is 0 Å². The molecule has 0 unspecified atom stereocenters. The van der Waals surface area contributed by atoms with Crippen molar-refractivity contribution in [1.82, 2.24) is 4.57 Å². The second kappa shape index (κ2) is 6.53. The summed E-state index contributed by atoms with van der Waals surface area (Å²) in [6, 6.07) is 14.6. The quantitative estimate of drug-likeness (QED) is 0.768. The van der Waals surface area contributed by atoms with Crippen molar-refractivity contribution in [2.75, 3.05) is 18.5 Å². The Bertz CT molecular complexity index is 905. The summed E-state index contributed by atoms with van der Waals surface area (Å²) in [6.45, 7) is 0.964. The number of nitrogens with zero attached hydrogens (tertiary/aromatic N) is 1. The highest BCUT2D eigenvalue weighted by atomic mass is 35.5. The zero-order valence-corrected chi connectivity index (χ0v) is 14.0. The van der Waals surface area contributed by atoms with Gasteiger partial charge >= 0.3 is 0 Å². The molecule has 1 aliphatic rings. The van der Waals surface area contributed by atoms with E-state index in [4.69, 9.17) is 21.1 Å². The van der Waals surface area contributed by atoms with Crippen molar-refractivity contribution in [2.45, 2.75) is 0 Å². The molecule has 1 N–H and O–H groups in total. The first-order valence-corrected chi connectivity index (χ1v) is 8.22. The maximum atomic E-state index is 12.5. The van der Waals surface area contributed by atoms with Gasteiger partial charge in [0.1, 0.15) is 13.2 Å². The summed E-state index contributed by atoms with van der Waals surface area (Å²) < 4.78 is 13.0. The molecule has 0 saturated heterocycles. The maximum absolute atomic E-state index is 12.5. The van der Waals surface area contributed by atoms with Gasteiger partial charge in [0.15, 0.2) is 11.5 Å². The van der Waals surface area contributed by atoms with Crippen molar-refractivity contribution < 1.29 is 14.3 Å². The molecule has 25 heavy (non-hydrogen) atoms. The topological polar surface area (TPSA) is 52.5 Å². The Labute approximate surface area is 149 Å². The van der Waals surface area contributed by atoms with Crippen LogP contribution in [0.5, 0.6) is 11.5 Å². The number of anilines is 1.